The van der Waals surface area contributed by atoms with E-state index in [-0.39, 0.29) is 5.82 Å². The van der Waals surface area contributed by atoms with Gasteiger partial charge in [-0.05, 0) is 31.0 Å². The van der Waals surface area contributed by atoms with E-state index in [0.29, 0.717) is 22.6 Å². The first-order chi connectivity index (χ1) is 9.47. The Morgan fingerprint density at radius 3 is 2.65 bits per heavy atom. The Labute approximate surface area is 127 Å². The molecule has 0 unspecified atom stereocenters. The van der Waals surface area contributed by atoms with Crippen LogP contribution >= 0.6 is 23.4 Å². The summed E-state index contributed by atoms with van der Waals surface area (Å²) in [7, 11) is 0. The fourth-order valence-corrected chi connectivity index (χ4v) is 3.27. The van der Waals surface area contributed by atoms with E-state index in [9.17, 15) is 4.39 Å². The minimum Gasteiger partial charge on any atom is -0.237 e. The van der Waals surface area contributed by atoms with Gasteiger partial charge in [-0.15, -0.1) is 11.8 Å². The summed E-state index contributed by atoms with van der Waals surface area (Å²) in [4.78, 5) is 9.67. The van der Waals surface area contributed by atoms with Gasteiger partial charge in [0.15, 0.2) is 0 Å². The van der Waals surface area contributed by atoms with Gasteiger partial charge in [0.25, 0.3) is 0 Å². The van der Waals surface area contributed by atoms with Crippen LogP contribution in [0.4, 0.5) is 4.39 Å². The van der Waals surface area contributed by atoms with Crippen LogP contribution in [0, 0.1) is 12.7 Å². The van der Waals surface area contributed by atoms with Crippen molar-refractivity contribution in [3.63, 3.8) is 0 Å². The van der Waals surface area contributed by atoms with E-state index >= 15 is 0 Å². The smallest absolute Gasteiger partial charge is 0.140 e. The third-order valence-electron chi connectivity index (χ3n) is 2.88. The molecule has 0 aliphatic carbocycles. The fourth-order valence-electron chi connectivity index (χ4n) is 2.03. The zero-order valence-corrected chi connectivity index (χ0v) is 13.2. The summed E-state index contributed by atoms with van der Waals surface area (Å²) < 4.78 is 13.1. The second kappa shape index (κ2) is 6.55. The van der Waals surface area contributed by atoms with Crippen LogP contribution in [0.3, 0.4) is 0 Å². The van der Waals surface area contributed by atoms with Gasteiger partial charge in [0.05, 0.1) is 5.75 Å². The van der Waals surface area contributed by atoms with Crippen molar-refractivity contribution in [2.45, 2.75) is 37.3 Å². The second-order valence-electron chi connectivity index (χ2n) is 4.83. The number of hydrogen-bond donors (Lipinski definition) is 0. The number of benzene rings is 1. The van der Waals surface area contributed by atoms with E-state index in [1.54, 1.807) is 6.07 Å². The third kappa shape index (κ3) is 3.70. The molecular formula is C15H16ClFN2S. The van der Waals surface area contributed by atoms with Crippen molar-refractivity contribution in [2.75, 3.05) is 0 Å². The first-order valence-electron chi connectivity index (χ1n) is 6.38. The highest BCUT2D eigenvalue weighted by molar-refractivity contribution is 7.98. The number of thioether (sulfide) groups is 1. The molecule has 0 saturated heterocycles. The summed E-state index contributed by atoms with van der Waals surface area (Å²) in [5, 5.41) is 0.516. The van der Waals surface area contributed by atoms with Crippen molar-refractivity contribution >= 4 is 23.4 Å². The molecule has 0 saturated carbocycles. The summed E-state index contributed by atoms with van der Waals surface area (Å²) >= 11 is 7.71. The van der Waals surface area contributed by atoms with Gasteiger partial charge in [-0.1, -0.05) is 31.5 Å². The van der Waals surface area contributed by atoms with E-state index < -0.39 is 0 Å². The molecule has 2 nitrogen and oxygen atoms in total. The van der Waals surface area contributed by atoms with Crippen molar-refractivity contribution in [1.82, 2.24) is 9.97 Å². The summed E-state index contributed by atoms with van der Waals surface area (Å²) in [6.45, 7) is 6.08. The van der Waals surface area contributed by atoms with Crippen molar-refractivity contribution in [3.8, 4) is 0 Å². The Morgan fingerprint density at radius 1 is 1.30 bits per heavy atom. The fraction of sp³-hybridized carbons (Fsp3) is 0.333. The van der Waals surface area contributed by atoms with Gasteiger partial charge in [-0.3, -0.25) is 0 Å². The lowest BCUT2D eigenvalue weighted by Crippen LogP contribution is -2.03. The Bertz CT molecular complexity index is 594. The normalized spacial score (nSPS) is 11.1. The molecule has 0 aliphatic heterocycles. The average molecular weight is 311 g/mol. The predicted molar refractivity (Wildman–Crippen MR) is 81.8 cm³/mol. The Balaban J connectivity index is 2.15. The number of aryl methyl sites for hydroxylation is 1. The molecule has 0 bridgehead atoms. The molecule has 0 aliphatic rings. The Morgan fingerprint density at radius 2 is 2.05 bits per heavy atom. The van der Waals surface area contributed by atoms with Gasteiger partial charge < -0.3 is 0 Å². The minimum atomic E-state index is -0.236. The van der Waals surface area contributed by atoms with Crippen LogP contribution in [0.25, 0.3) is 0 Å². The SMILES string of the molecule is Cc1nc(CSc2cccc(F)c2)nc(Cl)c1C(C)C. The summed E-state index contributed by atoms with van der Waals surface area (Å²) in [5.74, 6) is 1.31. The van der Waals surface area contributed by atoms with Crippen LogP contribution in [0.5, 0.6) is 0 Å². The highest BCUT2D eigenvalue weighted by Gasteiger charge is 2.13. The monoisotopic (exact) mass is 310 g/mol. The van der Waals surface area contributed by atoms with Gasteiger partial charge in [-0.2, -0.15) is 0 Å². The van der Waals surface area contributed by atoms with Crippen molar-refractivity contribution < 1.29 is 4.39 Å². The Kier molecular flexibility index (Phi) is 5.00. The summed E-state index contributed by atoms with van der Waals surface area (Å²) in [6, 6.07) is 6.49. The quantitative estimate of drug-likeness (QED) is 0.587. The zero-order chi connectivity index (χ0) is 14.7. The number of aromatic nitrogens is 2. The van der Waals surface area contributed by atoms with Crippen molar-refractivity contribution in [2.24, 2.45) is 0 Å². The predicted octanol–water partition coefficient (Wildman–Crippen LogP) is 4.99. The van der Waals surface area contributed by atoms with Gasteiger partial charge in [0.1, 0.15) is 16.8 Å². The molecule has 5 heteroatoms. The molecule has 2 rings (SSSR count). The van der Waals surface area contributed by atoms with E-state index in [0.717, 1.165) is 16.2 Å². The van der Waals surface area contributed by atoms with Gasteiger partial charge in [-0.25, -0.2) is 14.4 Å². The maximum Gasteiger partial charge on any atom is 0.140 e. The molecule has 0 N–H and O–H groups in total. The van der Waals surface area contributed by atoms with E-state index in [1.165, 1.54) is 23.9 Å². The second-order valence-corrected chi connectivity index (χ2v) is 6.24. The van der Waals surface area contributed by atoms with Gasteiger partial charge in [0, 0.05) is 16.2 Å². The molecule has 106 valence electrons. The molecule has 0 amide bonds. The molecule has 1 heterocycles. The molecule has 2 aromatic rings. The Hall–Kier alpha value is -1.13. The van der Waals surface area contributed by atoms with Crippen LogP contribution in [0.15, 0.2) is 29.2 Å². The van der Waals surface area contributed by atoms with Crippen LogP contribution in [-0.4, -0.2) is 9.97 Å². The molecule has 20 heavy (non-hydrogen) atoms. The van der Waals surface area contributed by atoms with Crippen LogP contribution in [0.2, 0.25) is 5.15 Å². The van der Waals surface area contributed by atoms with E-state index in [1.807, 2.05) is 13.0 Å². The van der Waals surface area contributed by atoms with Crippen molar-refractivity contribution in [1.29, 1.82) is 0 Å². The van der Waals surface area contributed by atoms with Crippen LogP contribution in [0.1, 0.15) is 36.8 Å². The lowest BCUT2D eigenvalue weighted by atomic mass is 10.0. The highest BCUT2D eigenvalue weighted by atomic mass is 35.5. The molecule has 1 aromatic carbocycles. The van der Waals surface area contributed by atoms with Crippen LogP contribution in [-0.2, 0) is 5.75 Å². The molecule has 0 radical (unpaired) electrons. The zero-order valence-electron chi connectivity index (χ0n) is 11.7. The van der Waals surface area contributed by atoms with E-state index in [4.69, 9.17) is 11.6 Å². The maximum absolute atomic E-state index is 13.1. The first kappa shape index (κ1) is 15.3. The lowest BCUT2D eigenvalue weighted by molar-refractivity contribution is 0.624. The van der Waals surface area contributed by atoms with Crippen LogP contribution < -0.4 is 0 Å². The average Bonchev–Trinajstić information content (AvgIpc) is 2.35. The van der Waals surface area contributed by atoms with Gasteiger partial charge in [0.2, 0.25) is 0 Å². The molecule has 0 spiro atoms. The summed E-state index contributed by atoms with van der Waals surface area (Å²) in [5.41, 5.74) is 1.90. The molecular weight excluding hydrogens is 295 g/mol. The third-order valence-corrected chi connectivity index (χ3v) is 4.16. The topological polar surface area (TPSA) is 25.8 Å². The minimum absolute atomic E-state index is 0.236. The first-order valence-corrected chi connectivity index (χ1v) is 7.75. The number of rotatable bonds is 4. The standard InChI is InChI=1S/C15H16ClFN2S/c1-9(2)14-10(3)18-13(19-15(14)16)8-20-12-6-4-5-11(17)7-12/h4-7,9H,8H2,1-3H3. The largest absolute Gasteiger partial charge is 0.237 e. The highest BCUT2D eigenvalue weighted by Crippen LogP contribution is 2.27. The number of nitrogens with zero attached hydrogens (tertiary/aromatic N) is 2. The number of hydrogen-bond acceptors (Lipinski definition) is 3. The molecule has 0 fully saturated rings. The van der Waals surface area contributed by atoms with Gasteiger partial charge >= 0.3 is 0 Å². The maximum atomic E-state index is 13.1. The number of halogens is 2. The van der Waals surface area contributed by atoms with E-state index in [2.05, 4.69) is 23.8 Å². The molecule has 0 atom stereocenters. The summed E-state index contributed by atoms with van der Waals surface area (Å²) in [6.07, 6.45) is 0. The van der Waals surface area contributed by atoms with Crippen molar-refractivity contribution in [3.05, 3.63) is 52.3 Å². The molecule has 1 aromatic heterocycles. The lowest BCUT2D eigenvalue weighted by Gasteiger charge is -2.12.